The third-order valence-corrected chi connectivity index (χ3v) is 2.56. The lowest BCUT2D eigenvalue weighted by Crippen LogP contribution is -2.37. The molecule has 0 unspecified atom stereocenters. The smallest absolute Gasteiger partial charge is 0.325 e. The Morgan fingerprint density at radius 3 is 2.33 bits per heavy atom. The van der Waals surface area contributed by atoms with Crippen molar-refractivity contribution in [3.05, 3.63) is 23.8 Å². The number of ether oxygens (including phenoxy) is 3. The number of rotatable bonds is 5. The second-order valence-electron chi connectivity index (χ2n) is 3.61. The van der Waals surface area contributed by atoms with Crippen molar-refractivity contribution in [3.63, 3.8) is 0 Å². The maximum absolute atomic E-state index is 11.2. The SMILES string of the molecule is COC(=O)[C@@H](N)[C@H](O)c1ccc(OC)c(OC)c1. The van der Waals surface area contributed by atoms with Gasteiger partial charge in [0.25, 0.3) is 0 Å². The first kappa shape index (κ1) is 14.3. The number of carbonyl (C=O) groups is 1. The summed E-state index contributed by atoms with van der Waals surface area (Å²) in [6.45, 7) is 0. The van der Waals surface area contributed by atoms with Gasteiger partial charge in [0.2, 0.25) is 0 Å². The number of aliphatic hydroxyl groups excluding tert-OH is 1. The van der Waals surface area contributed by atoms with E-state index in [9.17, 15) is 9.90 Å². The van der Waals surface area contributed by atoms with Gasteiger partial charge in [0.15, 0.2) is 11.5 Å². The van der Waals surface area contributed by atoms with Gasteiger partial charge in [-0.05, 0) is 17.7 Å². The number of methoxy groups -OCH3 is 3. The van der Waals surface area contributed by atoms with Gasteiger partial charge in [0.05, 0.1) is 21.3 Å². The predicted octanol–water partition coefficient (Wildman–Crippen LogP) is 0.237. The molecular weight excluding hydrogens is 238 g/mol. The van der Waals surface area contributed by atoms with Crippen LogP contribution in [-0.4, -0.2) is 38.4 Å². The van der Waals surface area contributed by atoms with Crippen molar-refractivity contribution in [2.45, 2.75) is 12.1 Å². The summed E-state index contributed by atoms with van der Waals surface area (Å²) in [5.74, 6) is 0.295. The van der Waals surface area contributed by atoms with Crippen molar-refractivity contribution in [1.29, 1.82) is 0 Å². The van der Waals surface area contributed by atoms with Gasteiger partial charge in [-0.3, -0.25) is 4.79 Å². The molecule has 2 atom stereocenters. The first-order valence-corrected chi connectivity index (χ1v) is 5.28. The Hall–Kier alpha value is -1.79. The van der Waals surface area contributed by atoms with E-state index in [0.717, 1.165) is 0 Å². The van der Waals surface area contributed by atoms with Crippen LogP contribution in [0.4, 0.5) is 0 Å². The fourth-order valence-electron chi connectivity index (χ4n) is 1.51. The number of hydrogen-bond donors (Lipinski definition) is 2. The second kappa shape index (κ2) is 6.23. The Kier molecular flexibility index (Phi) is 4.94. The Labute approximate surface area is 105 Å². The van der Waals surface area contributed by atoms with E-state index in [4.69, 9.17) is 15.2 Å². The number of carbonyl (C=O) groups excluding carboxylic acids is 1. The molecule has 1 rings (SSSR count). The number of aliphatic hydroxyl groups is 1. The van der Waals surface area contributed by atoms with Crippen LogP contribution in [0.15, 0.2) is 18.2 Å². The van der Waals surface area contributed by atoms with Crippen LogP contribution in [0.1, 0.15) is 11.7 Å². The first-order chi connectivity index (χ1) is 8.54. The fourth-order valence-corrected chi connectivity index (χ4v) is 1.51. The average Bonchev–Trinajstić information content (AvgIpc) is 2.43. The maximum Gasteiger partial charge on any atom is 0.325 e. The van der Waals surface area contributed by atoms with Crippen LogP contribution in [0.2, 0.25) is 0 Å². The third kappa shape index (κ3) is 2.91. The summed E-state index contributed by atoms with van der Waals surface area (Å²) in [7, 11) is 4.20. The summed E-state index contributed by atoms with van der Waals surface area (Å²) in [4.78, 5) is 11.2. The lowest BCUT2D eigenvalue weighted by Gasteiger charge is -2.18. The summed E-state index contributed by atoms with van der Waals surface area (Å²) >= 11 is 0. The van der Waals surface area contributed by atoms with Crippen molar-refractivity contribution in [1.82, 2.24) is 0 Å². The molecular formula is C12H17NO5. The number of benzene rings is 1. The molecule has 0 aliphatic rings. The number of hydrogen-bond acceptors (Lipinski definition) is 6. The van der Waals surface area contributed by atoms with Gasteiger partial charge in [-0.1, -0.05) is 6.07 Å². The summed E-state index contributed by atoms with van der Waals surface area (Å²) in [6, 6.07) is 3.65. The van der Waals surface area contributed by atoms with Crippen molar-refractivity contribution in [2.24, 2.45) is 5.73 Å². The molecule has 0 spiro atoms. The van der Waals surface area contributed by atoms with Gasteiger partial charge >= 0.3 is 5.97 Å². The highest BCUT2D eigenvalue weighted by molar-refractivity contribution is 5.76. The van der Waals surface area contributed by atoms with E-state index < -0.39 is 18.1 Å². The molecule has 0 radical (unpaired) electrons. The van der Waals surface area contributed by atoms with E-state index in [2.05, 4.69) is 4.74 Å². The normalized spacial score (nSPS) is 13.6. The van der Waals surface area contributed by atoms with Crippen LogP contribution in [0, 0.1) is 0 Å². The summed E-state index contributed by atoms with van der Waals surface area (Å²) < 4.78 is 14.6. The molecule has 0 fully saturated rings. The predicted molar refractivity (Wildman–Crippen MR) is 64.5 cm³/mol. The largest absolute Gasteiger partial charge is 0.493 e. The Morgan fingerprint density at radius 1 is 1.22 bits per heavy atom. The van der Waals surface area contributed by atoms with Gasteiger partial charge in [-0.15, -0.1) is 0 Å². The number of esters is 1. The van der Waals surface area contributed by atoms with Gasteiger partial charge in [-0.2, -0.15) is 0 Å². The molecule has 0 bridgehead atoms. The van der Waals surface area contributed by atoms with Crippen molar-refractivity contribution in [3.8, 4) is 11.5 Å². The minimum absolute atomic E-state index is 0.450. The summed E-state index contributed by atoms with van der Waals surface area (Å²) in [5.41, 5.74) is 6.02. The quantitative estimate of drug-likeness (QED) is 0.732. The molecule has 1 aromatic carbocycles. The average molecular weight is 255 g/mol. The third-order valence-electron chi connectivity index (χ3n) is 2.56. The van der Waals surface area contributed by atoms with Crippen LogP contribution in [0.5, 0.6) is 11.5 Å². The lowest BCUT2D eigenvalue weighted by atomic mass is 10.0. The molecule has 6 nitrogen and oxygen atoms in total. The zero-order chi connectivity index (χ0) is 13.7. The van der Waals surface area contributed by atoms with E-state index in [1.54, 1.807) is 18.2 Å². The zero-order valence-electron chi connectivity index (χ0n) is 10.5. The molecule has 18 heavy (non-hydrogen) atoms. The minimum Gasteiger partial charge on any atom is -0.493 e. The van der Waals surface area contributed by atoms with Crippen LogP contribution in [-0.2, 0) is 9.53 Å². The highest BCUT2D eigenvalue weighted by Crippen LogP contribution is 2.30. The van der Waals surface area contributed by atoms with Gasteiger partial charge in [-0.25, -0.2) is 0 Å². The first-order valence-electron chi connectivity index (χ1n) is 5.28. The molecule has 6 heteroatoms. The maximum atomic E-state index is 11.2. The molecule has 0 aliphatic carbocycles. The molecule has 0 heterocycles. The van der Waals surface area contributed by atoms with Crippen molar-refractivity contribution >= 4 is 5.97 Å². The molecule has 0 aromatic heterocycles. The van der Waals surface area contributed by atoms with E-state index in [1.165, 1.54) is 21.3 Å². The molecule has 1 aromatic rings. The van der Waals surface area contributed by atoms with E-state index >= 15 is 0 Å². The second-order valence-corrected chi connectivity index (χ2v) is 3.61. The number of nitrogens with two attached hydrogens (primary N) is 1. The van der Waals surface area contributed by atoms with Crippen molar-refractivity contribution < 1.29 is 24.1 Å². The molecule has 0 saturated heterocycles. The Morgan fingerprint density at radius 2 is 1.83 bits per heavy atom. The van der Waals surface area contributed by atoms with Gasteiger partial charge < -0.3 is 25.1 Å². The van der Waals surface area contributed by atoms with Crippen LogP contribution >= 0.6 is 0 Å². The molecule has 0 aliphatic heterocycles. The Balaban J connectivity index is 2.99. The van der Waals surface area contributed by atoms with E-state index in [0.29, 0.717) is 17.1 Å². The van der Waals surface area contributed by atoms with Crippen LogP contribution in [0.25, 0.3) is 0 Å². The van der Waals surface area contributed by atoms with Gasteiger partial charge in [0.1, 0.15) is 12.1 Å². The Bertz CT molecular complexity index is 421. The van der Waals surface area contributed by atoms with Gasteiger partial charge in [0, 0.05) is 0 Å². The molecule has 0 saturated carbocycles. The van der Waals surface area contributed by atoms with Crippen LogP contribution in [0.3, 0.4) is 0 Å². The summed E-state index contributed by atoms with van der Waals surface area (Å²) in [5, 5.41) is 9.95. The highest BCUT2D eigenvalue weighted by Gasteiger charge is 2.25. The summed E-state index contributed by atoms with van der Waals surface area (Å²) in [6.07, 6.45) is -1.17. The topological polar surface area (TPSA) is 91.0 Å². The van der Waals surface area contributed by atoms with E-state index in [1.807, 2.05) is 0 Å². The minimum atomic E-state index is -1.17. The monoisotopic (exact) mass is 255 g/mol. The molecule has 3 N–H and O–H groups in total. The molecule has 0 amide bonds. The lowest BCUT2D eigenvalue weighted by molar-refractivity contribution is -0.145. The zero-order valence-corrected chi connectivity index (χ0v) is 10.5. The molecule has 100 valence electrons. The van der Waals surface area contributed by atoms with Crippen molar-refractivity contribution in [2.75, 3.05) is 21.3 Å². The fraction of sp³-hybridized carbons (Fsp3) is 0.417. The van der Waals surface area contributed by atoms with Crippen LogP contribution < -0.4 is 15.2 Å². The standard InChI is InChI=1S/C12H17NO5/c1-16-8-5-4-7(6-9(8)17-2)11(14)10(13)12(15)18-3/h4-6,10-11,14H,13H2,1-3H3/t10-,11+/m0/s1. The highest BCUT2D eigenvalue weighted by atomic mass is 16.5. The van der Waals surface area contributed by atoms with E-state index in [-0.39, 0.29) is 0 Å².